The van der Waals surface area contributed by atoms with Gasteiger partial charge in [0.25, 0.3) is 0 Å². The molecule has 0 fully saturated rings. The zero-order valence-electron chi connectivity index (χ0n) is 2.55. The van der Waals surface area contributed by atoms with Gasteiger partial charge in [0.05, 0.1) is 6.07 Å². The molecule has 5 heavy (non-hydrogen) atoms. The van der Waals surface area contributed by atoms with E-state index in [0.717, 1.165) is 0 Å². The van der Waals surface area contributed by atoms with E-state index in [1.807, 2.05) is 0 Å². The number of nitrogens with zero attached hydrogens (tertiary/aromatic N) is 1. The molecule has 0 aliphatic carbocycles. The van der Waals surface area contributed by atoms with Gasteiger partial charge in [-0.3, -0.25) is 0 Å². The summed E-state index contributed by atoms with van der Waals surface area (Å²) in [5.41, 5.74) is 0. The van der Waals surface area contributed by atoms with E-state index >= 15 is 0 Å². The highest BCUT2D eigenvalue weighted by Crippen LogP contribution is 1.69. The van der Waals surface area contributed by atoms with Crippen molar-refractivity contribution in [2.75, 3.05) is 0 Å². The summed E-state index contributed by atoms with van der Waals surface area (Å²) in [6.45, 7) is 0. The Morgan fingerprint density at radius 1 is 1.80 bits per heavy atom. The van der Waals surface area contributed by atoms with E-state index in [2.05, 4.69) is 12.6 Å². The quantitative estimate of drug-likeness (QED) is 0.343. The van der Waals surface area contributed by atoms with Crippen LogP contribution in [-0.2, 0) is 0 Å². The van der Waals surface area contributed by atoms with Gasteiger partial charge in [0.15, 0.2) is 0 Å². The number of hydrogen-bond donors (Lipinski definition) is 1. The van der Waals surface area contributed by atoms with Crippen molar-refractivity contribution in [3.63, 3.8) is 0 Å². The summed E-state index contributed by atoms with van der Waals surface area (Å²) in [6, 6.07) is 1.76. The lowest BCUT2D eigenvalue weighted by atomic mass is 10.7. The van der Waals surface area contributed by atoms with Crippen LogP contribution < -0.4 is 0 Å². The molecule has 0 radical (unpaired) electrons. The highest BCUT2D eigenvalue weighted by atomic mass is 32.1. The highest BCUT2D eigenvalue weighted by Gasteiger charge is 1.46. The Bertz CT molecular complexity index is 69.5. The number of rotatable bonds is 0. The molecule has 26 valence electrons. The molecule has 0 saturated carbocycles. The minimum absolute atomic E-state index is 1.29. The van der Waals surface area contributed by atoms with E-state index in [9.17, 15) is 0 Å². The fourth-order valence-corrected chi connectivity index (χ4v) is 0.100. The fraction of sp³-hybridized carbons (Fsp3) is 0. The number of thiol groups is 1. The summed E-state index contributed by atoms with van der Waals surface area (Å²) in [5.74, 6) is 0. The molecule has 0 heterocycles. The summed E-state index contributed by atoms with van der Waals surface area (Å²) in [4.78, 5) is 0. The number of nitriles is 1. The van der Waals surface area contributed by atoms with Gasteiger partial charge in [-0.1, -0.05) is 0 Å². The molecule has 0 amide bonds. The molecule has 0 bridgehead atoms. The van der Waals surface area contributed by atoms with E-state index in [0.29, 0.717) is 0 Å². The van der Waals surface area contributed by atoms with Gasteiger partial charge in [-0.2, -0.15) is 17.9 Å². The monoisotopic (exact) mass is 85.0 g/mol. The zero-order chi connectivity index (χ0) is 4.12. The Balaban J connectivity index is 3.04. The minimum atomic E-state index is 1.29. The van der Waals surface area contributed by atoms with Crippen molar-refractivity contribution in [3.05, 3.63) is 11.5 Å². The van der Waals surface area contributed by atoms with Crippen LogP contribution in [0.1, 0.15) is 0 Å². The van der Waals surface area contributed by atoms with E-state index in [1.165, 1.54) is 11.5 Å². The Labute approximate surface area is 36.3 Å². The maximum absolute atomic E-state index is 7.68. The van der Waals surface area contributed by atoms with Crippen molar-refractivity contribution in [1.29, 1.82) is 5.26 Å². The minimum Gasteiger partial charge on any atom is -0.193 e. The van der Waals surface area contributed by atoms with Gasteiger partial charge in [-0.15, -0.1) is 0 Å². The molecule has 0 spiro atoms. The molecule has 0 aromatic heterocycles. The number of allylic oxidation sites excluding steroid dienone is 1. The van der Waals surface area contributed by atoms with Crippen LogP contribution >= 0.6 is 12.6 Å². The maximum Gasteiger partial charge on any atom is 0.0917 e. The van der Waals surface area contributed by atoms with Crippen LogP contribution in [0.3, 0.4) is 0 Å². The first-order valence-corrected chi connectivity index (χ1v) is 1.62. The SMILES string of the molecule is N#C/C=C\S. The van der Waals surface area contributed by atoms with Gasteiger partial charge in [0.1, 0.15) is 0 Å². The van der Waals surface area contributed by atoms with Gasteiger partial charge in [0.2, 0.25) is 0 Å². The van der Waals surface area contributed by atoms with Gasteiger partial charge in [-0.25, -0.2) is 0 Å². The molecule has 0 rings (SSSR count). The van der Waals surface area contributed by atoms with Crippen LogP contribution in [0.15, 0.2) is 11.5 Å². The van der Waals surface area contributed by atoms with Crippen molar-refractivity contribution in [3.8, 4) is 6.07 Å². The fourth-order valence-electron chi connectivity index (χ4n) is 0.0333. The predicted molar refractivity (Wildman–Crippen MR) is 23.7 cm³/mol. The summed E-state index contributed by atoms with van der Waals surface area (Å²) < 4.78 is 0. The Hall–Kier alpha value is -0.420. The average Bonchev–Trinajstić information content (AvgIpc) is 1.41. The van der Waals surface area contributed by atoms with Crippen LogP contribution in [0.2, 0.25) is 0 Å². The first kappa shape index (κ1) is 4.58. The molecule has 0 aromatic rings. The molecule has 0 aliphatic rings. The van der Waals surface area contributed by atoms with Gasteiger partial charge < -0.3 is 0 Å². The summed E-state index contributed by atoms with van der Waals surface area (Å²) in [6.07, 6.45) is 1.29. The van der Waals surface area contributed by atoms with E-state index < -0.39 is 0 Å². The van der Waals surface area contributed by atoms with Gasteiger partial charge in [-0.05, 0) is 5.41 Å². The molecular weight excluding hydrogens is 82.1 g/mol. The summed E-state index contributed by atoms with van der Waals surface area (Å²) >= 11 is 3.60. The van der Waals surface area contributed by atoms with Gasteiger partial charge in [0, 0.05) is 6.08 Å². The third-order valence-electron chi connectivity index (χ3n) is 0.149. The van der Waals surface area contributed by atoms with Crippen LogP contribution in [0.25, 0.3) is 0 Å². The molecule has 0 N–H and O–H groups in total. The lowest BCUT2D eigenvalue weighted by Crippen LogP contribution is -1.31. The molecular formula is C3H3NS. The molecule has 1 nitrogen and oxygen atoms in total. The topological polar surface area (TPSA) is 23.8 Å². The molecule has 0 unspecified atom stereocenters. The Kier molecular flexibility index (Phi) is 3.28. The van der Waals surface area contributed by atoms with Crippen LogP contribution in [0, 0.1) is 11.3 Å². The van der Waals surface area contributed by atoms with E-state index in [-0.39, 0.29) is 0 Å². The van der Waals surface area contributed by atoms with E-state index in [1.54, 1.807) is 6.07 Å². The Morgan fingerprint density at radius 3 is 2.40 bits per heavy atom. The van der Waals surface area contributed by atoms with Crippen molar-refractivity contribution in [2.45, 2.75) is 0 Å². The van der Waals surface area contributed by atoms with E-state index in [4.69, 9.17) is 5.26 Å². The maximum atomic E-state index is 7.68. The van der Waals surface area contributed by atoms with Crippen molar-refractivity contribution in [1.82, 2.24) is 0 Å². The lowest BCUT2D eigenvalue weighted by molar-refractivity contribution is 1.54. The predicted octanol–water partition coefficient (Wildman–Crippen LogP) is 0.953. The first-order valence-electron chi connectivity index (χ1n) is 1.10. The second kappa shape index (κ2) is 3.58. The number of hydrogen-bond acceptors (Lipinski definition) is 2. The van der Waals surface area contributed by atoms with Crippen molar-refractivity contribution >= 4 is 12.6 Å². The molecule has 0 atom stereocenters. The summed E-state index contributed by atoms with van der Waals surface area (Å²) in [7, 11) is 0. The molecule has 2 heteroatoms. The second-order valence-electron chi connectivity index (χ2n) is 0.445. The zero-order valence-corrected chi connectivity index (χ0v) is 3.44. The smallest absolute Gasteiger partial charge is 0.0917 e. The average molecular weight is 85.1 g/mol. The third kappa shape index (κ3) is 3.58. The Morgan fingerprint density at radius 2 is 2.40 bits per heavy atom. The van der Waals surface area contributed by atoms with Crippen molar-refractivity contribution < 1.29 is 0 Å². The van der Waals surface area contributed by atoms with Crippen LogP contribution in [0.4, 0.5) is 0 Å². The van der Waals surface area contributed by atoms with Crippen molar-refractivity contribution in [2.24, 2.45) is 0 Å². The molecule has 0 aromatic carbocycles. The standard InChI is InChI=1S/C3H3NS/c4-2-1-3-5/h1,3,5H/b3-1-. The first-order chi connectivity index (χ1) is 2.41. The largest absolute Gasteiger partial charge is 0.193 e. The molecule has 0 saturated heterocycles. The van der Waals surface area contributed by atoms with Crippen LogP contribution in [0.5, 0.6) is 0 Å². The molecule has 0 aliphatic heterocycles. The van der Waals surface area contributed by atoms with Crippen LogP contribution in [-0.4, -0.2) is 0 Å². The van der Waals surface area contributed by atoms with Gasteiger partial charge >= 0.3 is 0 Å². The normalized spacial score (nSPS) is 8.00. The highest BCUT2D eigenvalue weighted by molar-refractivity contribution is 7.83. The second-order valence-corrected chi connectivity index (χ2v) is 0.743. The third-order valence-corrected chi connectivity index (χ3v) is 0.298. The summed E-state index contributed by atoms with van der Waals surface area (Å²) in [5, 5.41) is 9.07. The lowest BCUT2D eigenvalue weighted by Gasteiger charge is -1.47.